The Hall–Kier alpha value is -1.30. The van der Waals surface area contributed by atoms with Crippen molar-refractivity contribution in [1.29, 1.82) is 0 Å². The van der Waals surface area contributed by atoms with Crippen LogP contribution in [-0.4, -0.2) is 23.0 Å². The van der Waals surface area contributed by atoms with Gasteiger partial charge in [-0.1, -0.05) is 19.8 Å². The standard InChI is InChI=1S/C11H14BrNO4/c1-2-3-4-8(11(15)16)13-10(14)9-7(12)5-6-17-9/h5-6,8H,2-4H2,1H3,(H,13,14)(H,15,16)/t8-/m0/s1. The summed E-state index contributed by atoms with van der Waals surface area (Å²) >= 11 is 3.14. The van der Waals surface area contributed by atoms with Gasteiger partial charge < -0.3 is 14.8 Å². The lowest BCUT2D eigenvalue weighted by Crippen LogP contribution is -2.40. The summed E-state index contributed by atoms with van der Waals surface area (Å²) in [6.07, 6.45) is 3.40. The maximum Gasteiger partial charge on any atom is 0.326 e. The first-order valence-electron chi connectivity index (χ1n) is 5.33. The van der Waals surface area contributed by atoms with Crippen LogP contribution in [0, 0.1) is 0 Å². The predicted octanol–water partition coefficient (Wildman–Crippen LogP) is 2.42. The van der Waals surface area contributed by atoms with Crippen LogP contribution in [0.1, 0.15) is 36.7 Å². The highest BCUT2D eigenvalue weighted by atomic mass is 79.9. The third kappa shape index (κ3) is 3.89. The highest BCUT2D eigenvalue weighted by Gasteiger charge is 2.22. The van der Waals surface area contributed by atoms with E-state index in [9.17, 15) is 9.59 Å². The van der Waals surface area contributed by atoms with Crippen LogP contribution in [0.5, 0.6) is 0 Å². The third-order valence-electron chi connectivity index (χ3n) is 2.27. The second kappa shape index (κ2) is 6.44. The molecule has 0 unspecified atom stereocenters. The smallest absolute Gasteiger partial charge is 0.326 e. The molecule has 0 aromatic carbocycles. The van der Waals surface area contributed by atoms with Gasteiger partial charge in [0.25, 0.3) is 5.91 Å². The molecular weight excluding hydrogens is 290 g/mol. The van der Waals surface area contributed by atoms with Crippen LogP contribution in [0.25, 0.3) is 0 Å². The molecule has 1 rings (SSSR count). The topological polar surface area (TPSA) is 79.5 Å². The molecule has 6 heteroatoms. The van der Waals surface area contributed by atoms with E-state index in [-0.39, 0.29) is 5.76 Å². The number of hydrogen-bond donors (Lipinski definition) is 2. The summed E-state index contributed by atoms with van der Waals surface area (Å²) in [6, 6.07) is 0.705. The zero-order valence-corrected chi connectivity index (χ0v) is 11.0. The fourth-order valence-corrected chi connectivity index (χ4v) is 1.73. The van der Waals surface area contributed by atoms with Crippen LogP contribution in [0.4, 0.5) is 0 Å². The molecule has 1 aromatic heterocycles. The molecule has 0 aliphatic rings. The molecule has 17 heavy (non-hydrogen) atoms. The number of halogens is 1. The Kier molecular flexibility index (Phi) is 5.21. The van der Waals surface area contributed by atoms with Crippen molar-refractivity contribution in [3.63, 3.8) is 0 Å². The van der Waals surface area contributed by atoms with Gasteiger partial charge in [-0.15, -0.1) is 0 Å². The Labute approximate surface area is 107 Å². The van der Waals surface area contributed by atoms with Gasteiger partial charge in [-0.05, 0) is 28.4 Å². The van der Waals surface area contributed by atoms with Gasteiger partial charge in [-0.25, -0.2) is 4.79 Å². The van der Waals surface area contributed by atoms with Crippen molar-refractivity contribution in [2.45, 2.75) is 32.2 Å². The van der Waals surface area contributed by atoms with Crippen LogP contribution in [0.2, 0.25) is 0 Å². The van der Waals surface area contributed by atoms with Crippen LogP contribution in [0.15, 0.2) is 21.2 Å². The van der Waals surface area contributed by atoms with Crippen LogP contribution < -0.4 is 5.32 Å². The Morgan fingerprint density at radius 1 is 1.59 bits per heavy atom. The Balaban J connectivity index is 2.64. The quantitative estimate of drug-likeness (QED) is 0.846. The largest absolute Gasteiger partial charge is 0.480 e. The van der Waals surface area contributed by atoms with Crippen molar-refractivity contribution in [2.75, 3.05) is 0 Å². The molecule has 1 aromatic rings. The van der Waals surface area contributed by atoms with E-state index in [2.05, 4.69) is 21.2 Å². The second-order valence-electron chi connectivity index (χ2n) is 3.60. The molecule has 0 saturated carbocycles. The highest BCUT2D eigenvalue weighted by Crippen LogP contribution is 2.17. The van der Waals surface area contributed by atoms with Crippen LogP contribution >= 0.6 is 15.9 Å². The fraction of sp³-hybridized carbons (Fsp3) is 0.455. The molecule has 0 fully saturated rings. The highest BCUT2D eigenvalue weighted by molar-refractivity contribution is 9.10. The Morgan fingerprint density at radius 3 is 2.76 bits per heavy atom. The number of rotatable bonds is 6. The third-order valence-corrected chi connectivity index (χ3v) is 2.90. The lowest BCUT2D eigenvalue weighted by Gasteiger charge is -2.13. The van der Waals surface area contributed by atoms with Crippen molar-refractivity contribution in [3.8, 4) is 0 Å². The molecule has 1 amide bonds. The van der Waals surface area contributed by atoms with E-state index in [1.165, 1.54) is 6.26 Å². The minimum atomic E-state index is -1.03. The van der Waals surface area contributed by atoms with E-state index >= 15 is 0 Å². The van der Waals surface area contributed by atoms with Gasteiger partial charge in [0.05, 0.1) is 10.7 Å². The number of carbonyl (C=O) groups is 2. The maximum absolute atomic E-state index is 11.7. The maximum atomic E-state index is 11.7. The minimum Gasteiger partial charge on any atom is -0.480 e. The molecule has 5 nitrogen and oxygen atoms in total. The molecule has 0 spiro atoms. The summed E-state index contributed by atoms with van der Waals surface area (Å²) in [4.78, 5) is 22.6. The van der Waals surface area contributed by atoms with Gasteiger partial charge in [-0.3, -0.25) is 4.79 Å². The number of unbranched alkanes of at least 4 members (excludes halogenated alkanes) is 1. The van der Waals surface area contributed by atoms with E-state index in [1.54, 1.807) is 6.07 Å². The van der Waals surface area contributed by atoms with Crippen LogP contribution in [0.3, 0.4) is 0 Å². The number of furan rings is 1. The van der Waals surface area contributed by atoms with Gasteiger partial charge in [0.2, 0.25) is 5.76 Å². The molecule has 2 N–H and O–H groups in total. The molecular formula is C11H14BrNO4. The predicted molar refractivity (Wildman–Crippen MR) is 64.8 cm³/mol. The van der Waals surface area contributed by atoms with E-state index in [0.29, 0.717) is 10.9 Å². The van der Waals surface area contributed by atoms with Gasteiger partial charge in [0.15, 0.2) is 0 Å². The normalized spacial score (nSPS) is 12.1. The molecule has 0 aliphatic heterocycles. The Bertz CT molecular complexity index is 402. The first kappa shape index (κ1) is 13.8. The summed E-state index contributed by atoms with van der Waals surface area (Å²) in [5.74, 6) is -1.47. The molecule has 0 radical (unpaired) electrons. The van der Waals surface area contributed by atoms with E-state index < -0.39 is 17.9 Å². The van der Waals surface area contributed by atoms with E-state index in [1.807, 2.05) is 6.92 Å². The molecule has 1 heterocycles. The number of hydrogen-bond acceptors (Lipinski definition) is 3. The van der Waals surface area contributed by atoms with Crippen molar-refractivity contribution < 1.29 is 19.1 Å². The fourth-order valence-electron chi connectivity index (χ4n) is 1.35. The lowest BCUT2D eigenvalue weighted by molar-refractivity contribution is -0.139. The van der Waals surface area contributed by atoms with Crippen molar-refractivity contribution in [1.82, 2.24) is 5.32 Å². The summed E-state index contributed by atoms with van der Waals surface area (Å²) in [5, 5.41) is 11.4. The number of nitrogens with one attached hydrogen (secondary N) is 1. The first-order valence-corrected chi connectivity index (χ1v) is 6.12. The van der Waals surface area contributed by atoms with E-state index in [0.717, 1.165) is 12.8 Å². The zero-order valence-electron chi connectivity index (χ0n) is 9.40. The zero-order chi connectivity index (χ0) is 12.8. The summed E-state index contributed by atoms with van der Waals surface area (Å²) in [6.45, 7) is 1.96. The van der Waals surface area contributed by atoms with Crippen molar-refractivity contribution in [3.05, 3.63) is 22.6 Å². The molecule has 1 atom stereocenters. The van der Waals surface area contributed by atoms with Gasteiger partial charge in [0, 0.05) is 0 Å². The number of carboxylic acids is 1. The number of carbonyl (C=O) groups excluding carboxylic acids is 1. The number of aliphatic carboxylic acids is 1. The second-order valence-corrected chi connectivity index (χ2v) is 4.46. The first-order chi connectivity index (χ1) is 8.06. The summed E-state index contributed by atoms with van der Waals surface area (Å²) in [7, 11) is 0. The molecule has 0 bridgehead atoms. The lowest BCUT2D eigenvalue weighted by atomic mass is 10.1. The molecule has 0 aliphatic carbocycles. The SMILES string of the molecule is CCCC[C@H](NC(=O)c1occc1Br)C(=O)O. The van der Waals surface area contributed by atoms with E-state index in [4.69, 9.17) is 9.52 Å². The monoisotopic (exact) mass is 303 g/mol. The van der Waals surface area contributed by atoms with Gasteiger partial charge in [0.1, 0.15) is 6.04 Å². The van der Waals surface area contributed by atoms with Crippen molar-refractivity contribution in [2.24, 2.45) is 0 Å². The summed E-state index contributed by atoms with van der Waals surface area (Å²) < 4.78 is 5.47. The summed E-state index contributed by atoms with van der Waals surface area (Å²) in [5.41, 5.74) is 0. The average molecular weight is 304 g/mol. The Morgan fingerprint density at radius 2 is 2.29 bits per heavy atom. The van der Waals surface area contributed by atoms with Gasteiger partial charge in [-0.2, -0.15) is 0 Å². The molecule has 0 saturated heterocycles. The number of carboxylic acid groups (broad SMARTS) is 1. The molecule has 94 valence electrons. The average Bonchev–Trinajstić information content (AvgIpc) is 2.70. The van der Waals surface area contributed by atoms with Crippen LogP contribution in [-0.2, 0) is 4.79 Å². The number of amides is 1. The van der Waals surface area contributed by atoms with Crippen molar-refractivity contribution >= 4 is 27.8 Å². The minimum absolute atomic E-state index is 0.0905. The van der Waals surface area contributed by atoms with Gasteiger partial charge >= 0.3 is 5.97 Å².